The lowest BCUT2D eigenvalue weighted by atomic mass is 10.3. The van der Waals surface area contributed by atoms with Crippen molar-refractivity contribution in [1.29, 1.82) is 0 Å². The quantitative estimate of drug-likeness (QED) is 0.825. The van der Waals surface area contributed by atoms with E-state index in [-0.39, 0.29) is 0 Å². The van der Waals surface area contributed by atoms with Crippen molar-refractivity contribution in [3.63, 3.8) is 0 Å². The van der Waals surface area contributed by atoms with E-state index < -0.39 is 0 Å². The van der Waals surface area contributed by atoms with E-state index in [0.29, 0.717) is 12.0 Å². The van der Waals surface area contributed by atoms with E-state index in [0.717, 1.165) is 16.5 Å². The molecule has 0 spiro atoms. The van der Waals surface area contributed by atoms with Crippen molar-refractivity contribution in [1.82, 2.24) is 14.6 Å². The normalized spacial score (nSPS) is 12.8. The first kappa shape index (κ1) is 13.7. The van der Waals surface area contributed by atoms with Crippen LogP contribution in [0.5, 0.6) is 0 Å². The Morgan fingerprint density at radius 3 is 3.11 bits per heavy atom. The highest BCUT2D eigenvalue weighted by molar-refractivity contribution is 9.10. The smallest absolute Gasteiger partial charge is 0.243 e. The third-order valence-corrected chi connectivity index (χ3v) is 3.97. The highest BCUT2D eigenvalue weighted by atomic mass is 79.9. The summed E-state index contributed by atoms with van der Waals surface area (Å²) in [5.41, 5.74) is 0.857. The van der Waals surface area contributed by atoms with Crippen molar-refractivity contribution in [2.75, 3.05) is 16.8 Å². The lowest BCUT2D eigenvalue weighted by Crippen LogP contribution is -2.17. The number of nitrogens with one attached hydrogen (secondary N) is 1. The van der Waals surface area contributed by atoms with Gasteiger partial charge in [0.05, 0.1) is 0 Å². The van der Waals surface area contributed by atoms with Gasteiger partial charge in [-0.2, -0.15) is 16.7 Å². The first-order chi connectivity index (χ1) is 8.69. The molecular formula is C12H17BrN4S. The lowest BCUT2D eigenvalue weighted by molar-refractivity contribution is 0.758. The monoisotopic (exact) mass is 328 g/mol. The topological polar surface area (TPSA) is 42.2 Å². The third-order valence-electron chi connectivity index (χ3n) is 2.57. The van der Waals surface area contributed by atoms with Gasteiger partial charge in [-0.05, 0) is 52.9 Å². The molecule has 0 aromatic carbocycles. The van der Waals surface area contributed by atoms with Crippen LogP contribution in [0.2, 0.25) is 0 Å². The van der Waals surface area contributed by atoms with Gasteiger partial charge < -0.3 is 5.32 Å². The summed E-state index contributed by atoms with van der Waals surface area (Å²) in [6.07, 6.45) is 3.03. The summed E-state index contributed by atoms with van der Waals surface area (Å²) in [7, 11) is 0. The SMILES string of the molecule is CCSCCC(C)Nc1nc2ccc(Br)cn2n1. The number of thioether (sulfide) groups is 1. The van der Waals surface area contributed by atoms with Gasteiger partial charge in [-0.3, -0.25) is 0 Å². The number of rotatable bonds is 6. The molecule has 0 aliphatic carbocycles. The van der Waals surface area contributed by atoms with E-state index in [4.69, 9.17) is 0 Å². The van der Waals surface area contributed by atoms with Gasteiger partial charge in [0, 0.05) is 16.7 Å². The zero-order valence-corrected chi connectivity index (χ0v) is 13.0. The molecule has 0 bridgehead atoms. The van der Waals surface area contributed by atoms with Gasteiger partial charge >= 0.3 is 0 Å². The van der Waals surface area contributed by atoms with Crippen LogP contribution >= 0.6 is 27.7 Å². The van der Waals surface area contributed by atoms with Crippen molar-refractivity contribution in [2.24, 2.45) is 0 Å². The van der Waals surface area contributed by atoms with Crippen LogP contribution in [-0.2, 0) is 0 Å². The Hall–Kier alpha value is -0.750. The molecule has 1 atom stereocenters. The number of anilines is 1. The number of hydrogen-bond donors (Lipinski definition) is 1. The maximum absolute atomic E-state index is 4.44. The van der Waals surface area contributed by atoms with E-state index in [9.17, 15) is 0 Å². The van der Waals surface area contributed by atoms with Crippen LogP contribution in [0.15, 0.2) is 22.8 Å². The molecular weight excluding hydrogens is 312 g/mol. The second-order valence-electron chi connectivity index (χ2n) is 4.12. The predicted octanol–water partition coefficient (Wildman–Crippen LogP) is 3.44. The fraction of sp³-hybridized carbons (Fsp3) is 0.500. The van der Waals surface area contributed by atoms with E-state index in [2.05, 4.69) is 45.2 Å². The average molecular weight is 329 g/mol. The van der Waals surface area contributed by atoms with Gasteiger partial charge in [0.2, 0.25) is 5.95 Å². The minimum atomic E-state index is 0.393. The summed E-state index contributed by atoms with van der Waals surface area (Å²) in [5, 5.41) is 7.74. The van der Waals surface area contributed by atoms with Crippen LogP contribution in [-0.4, -0.2) is 32.1 Å². The van der Waals surface area contributed by atoms with Gasteiger partial charge in [0.1, 0.15) is 0 Å². The van der Waals surface area contributed by atoms with E-state index in [1.165, 1.54) is 11.5 Å². The van der Waals surface area contributed by atoms with Crippen LogP contribution in [0.1, 0.15) is 20.3 Å². The fourth-order valence-corrected chi connectivity index (χ4v) is 2.75. The minimum absolute atomic E-state index is 0.393. The zero-order chi connectivity index (χ0) is 13.0. The summed E-state index contributed by atoms with van der Waals surface area (Å²) < 4.78 is 2.78. The van der Waals surface area contributed by atoms with Gasteiger partial charge in [-0.1, -0.05) is 6.92 Å². The highest BCUT2D eigenvalue weighted by Gasteiger charge is 2.07. The van der Waals surface area contributed by atoms with Crippen LogP contribution < -0.4 is 5.32 Å². The maximum atomic E-state index is 4.44. The van der Waals surface area contributed by atoms with Gasteiger partial charge in [0.25, 0.3) is 0 Å². The van der Waals surface area contributed by atoms with E-state index in [1.54, 1.807) is 4.52 Å². The number of halogens is 1. The Morgan fingerprint density at radius 2 is 2.33 bits per heavy atom. The fourth-order valence-electron chi connectivity index (χ4n) is 1.62. The molecule has 18 heavy (non-hydrogen) atoms. The minimum Gasteiger partial charge on any atom is -0.350 e. The highest BCUT2D eigenvalue weighted by Crippen LogP contribution is 2.13. The number of fused-ring (bicyclic) bond motifs is 1. The summed E-state index contributed by atoms with van der Waals surface area (Å²) >= 11 is 5.38. The second kappa shape index (κ2) is 6.43. The van der Waals surface area contributed by atoms with Crippen molar-refractivity contribution in [3.05, 3.63) is 22.8 Å². The number of pyridine rings is 1. The molecule has 0 aliphatic heterocycles. The second-order valence-corrected chi connectivity index (χ2v) is 6.43. The number of hydrogen-bond acceptors (Lipinski definition) is 4. The molecule has 2 rings (SSSR count). The molecule has 98 valence electrons. The maximum Gasteiger partial charge on any atom is 0.243 e. The van der Waals surface area contributed by atoms with Crippen LogP contribution in [0, 0.1) is 0 Å². The Morgan fingerprint density at radius 1 is 1.50 bits per heavy atom. The Labute approximate surface area is 120 Å². The third kappa shape index (κ3) is 3.62. The van der Waals surface area contributed by atoms with Crippen LogP contribution in [0.3, 0.4) is 0 Å². The Bertz CT molecular complexity index is 514. The predicted molar refractivity (Wildman–Crippen MR) is 81.4 cm³/mol. The molecule has 1 unspecified atom stereocenters. The van der Waals surface area contributed by atoms with Crippen molar-refractivity contribution in [2.45, 2.75) is 26.3 Å². The van der Waals surface area contributed by atoms with Crippen molar-refractivity contribution in [3.8, 4) is 0 Å². The molecule has 2 heterocycles. The first-order valence-corrected chi connectivity index (χ1v) is 8.00. The first-order valence-electron chi connectivity index (χ1n) is 6.05. The molecule has 0 fully saturated rings. The van der Waals surface area contributed by atoms with E-state index in [1.807, 2.05) is 30.1 Å². The lowest BCUT2D eigenvalue weighted by Gasteiger charge is -2.10. The summed E-state index contributed by atoms with van der Waals surface area (Å²) in [6, 6.07) is 4.31. The molecule has 1 N–H and O–H groups in total. The molecule has 0 amide bonds. The molecule has 2 aromatic rings. The molecule has 0 radical (unpaired) electrons. The molecule has 0 saturated heterocycles. The molecule has 6 heteroatoms. The van der Waals surface area contributed by atoms with Crippen LogP contribution in [0.4, 0.5) is 5.95 Å². The largest absolute Gasteiger partial charge is 0.350 e. The zero-order valence-electron chi connectivity index (χ0n) is 10.6. The van der Waals surface area contributed by atoms with Crippen molar-refractivity contribution < 1.29 is 0 Å². The molecule has 2 aromatic heterocycles. The molecule has 4 nitrogen and oxygen atoms in total. The Balaban J connectivity index is 1.98. The van der Waals surface area contributed by atoms with Crippen molar-refractivity contribution >= 4 is 39.3 Å². The Kier molecular flexibility index (Phi) is 4.88. The van der Waals surface area contributed by atoms with Gasteiger partial charge in [0.15, 0.2) is 5.65 Å². The van der Waals surface area contributed by atoms with Gasteiger partial charge in [-0.25, -0.2) is 4.52 Å². The number of aromatic nitrogens is 3. The molecule has 0 aliphatic rings. The van der Waals surface area contributed by atoms with Gasteiger partial charge in [-0.15, -0.1) is 5.10 Å². The summed E-state index contributed by atoms with van der Waals surface area (Å²) in [4.78, 5) is 4.44. The summed E-state index contributed by atoms with van der Waals surface area (Å²) in [5.74, 6) is 3.04. The van der Waals surface area contributed by atoms with E-state index >= 15 is 0 Å². The average Bonchev–Trinajstić information content (AvgIpc) is 2.70. The number of nitrogens with zero attached hydrogens (tertiary/aromatic N) is 3. The van der Waals surface area contributed by atoms with Crippen LogP contribution in [0.25, 0.3) is 5.65 Å². The molecule has 0 saturated carbocycles. The summed E-state index contributed by atoms with van der Waals surface area (Å²) in [6.45, 7) is 4.35. The standard InChI is InChI=1S/C12H17BrN4S/c1-3-18-7-6-9(2)14-12-15-11-5-4-10(13)8-17(11)16-12/h4-5,8-9H,3,6-7H2,1-2H3,(H,14,16).